The number of rotatable bonds is 18. The van der Waals surface area contributed by atoms with Gasteiger partial charge >= 0.3 is 0 Å². The number of likely N-dealkylation sites (N-methyl/N-ethyl adjacent to an activating group) is 2. The highest BCUT2D eigenvalue weighted by Crippen LogP contribution is 2.29. The summed E-state index contributed by atoms with van der Waals surface area (Å²) in [6, 6.07) is 17.7. The van der Waals surface area contributed by atoms with E-state index in [2.05, 4.69) is 42.5 Å². The molecular weight excluding hydrogens is 917 g/mol. The third-order valence-corrected chi connectivity index (χ3v) is 13.6. The monoisotopic (exact) mass is 993 g/mol. The molecule has 8 amide bonds. The van der Waals surface area contributed by atoms with Gasteiger partial charge in [0, 0.05) is 36.3 Å². The molecule has 0 bridgehead atoms. The molecule has 3 aromatic carbocycles. The van der Waals surface area contributed by atoms with E-state index in [-0.39, 0.29) is 61.0 Å². The van der Waals surface area contributed by atoms with Crippen molar-refractivity contribution >= 4 is 47.3 Å². The molecule has 72 heavy (non-hydrogen) atoms. The van der Waals surface area contributed by atoms with Gasteiger partial charge < -0.3 is 52.3 Å². The molecule has 5 rings (SSSR count). The van der Waals surface area contributed by atoms with Gasteiger partial charge in [-0.25, -0.2) is 0 Å². The number of nitrogens with one attached hydrogen (secondary N) is 8. The first-order valence-corrected chi connectivity index (χ1v) is 24.8. The molecular formula is C54H76N10O8. The SMILES string of the molecule is CN[C@@H](C)C(=O)N[C@H](C(=O)N1C[C@@H](NC(=O)c2ccc(C(=O)N[C@H]3C[C@@H](C(=O)N[C@H](C)c4ccccc4)N(C(=O)[C@@H](NC(=O)[C@H](C)NC)C(C)(C)C)C3)cc2)C[C@H]1C(=O)N[C@H](C)c1ccccc1)C(C)(C)C. The van der Waals surface area contributed by atoms with Gasteiger partial charge in [-0.05, 0) is 101 Å². The number of carbonyl (C=O) groups is 8. The summed E-state index contributed by atoms with van der Waals surface area (Å²) < 4.78 is 0. The molecule has 0 aliphatic carbocycles. The molecule has 2 aliphatic heterocycles. The van der Waals surface area contributed by atoms with Crippen molar-refractivity contribution in [2.75, 3.05) is 27.2 Å². The van der Waals surface area contributed by atoms with Gasteiger partial charge in [0.2, 0.25) is 35.4 Å². The van der Waals surface area contributed by atoms with Crippen LogP contribution in [0.4, 0.5) is 0 Å². The number of nitrogens with zero attached hydrogens (tertiary/aromatic N) is 2. The van der Waals surface area contributed by atoms with Crippen LogP contribution in [0.15, 0.2) is 84.9 Å². The molecule has 0 saturated carbocycles. The third-order valence-electron chi connectivity index (χ3n) is 13.6. The predicted molar refractivity (Wildman–Crippen MR) is 275 cm³/mol. The van der Waals surface area contributed by atoms with Gasteiger partial charge in [0.05, 0.1) is 24.2 Å². The van der Waals surface area contributed by atoms with Crippen LogP contribution in [0.3, 0.4) is 0 Å². The second-order valence-electron chi connectivity index (χ2n) is 21.3. The fourth-order valence-corrected chi connectivity index (χ4v) is 8.87. The summed E-state index contributed by atoms with van der Waals surface area (Å²) >= 11 is 0. The highest BCUT2D eigenvalue weighted by Gasteiger charge is 2.47. The van der Waals surface area contributed by atoms with Crippen LogP contribution < -0.4 is 42.5 Å². The molecule has 18 heteroatoms. The summed E-state index contributed by atoms with van der Waals surface area (Å²) in [5.74, 6) is -3.46. The first-order valence-electron chi connectivity index (χ1n) is 24.8. The van der Waals surface area contributed by atoms with Crippen LogP contribution in [-0.4, -0.2) is 133 Å². The molecule has 0 unspecified atom stereocenters. The van der Waals surface area contributed by atoms with E-state index in [1.807, 2.05) is 116 Å². The number of hydrogen-bond acceptors (Lipinski definition) is 10. The molecule has 0 aromatic heterocycles. The van der Waals surface area contributed by atoms with Gasteiger partial charge in [-0.2, -0.15) is 0 Å². The average molecular weight is 993 g/mol. The van der Waals surface area contributed by atoms with Crippen molar-refractivity contribution in [1.29, 1.82) is 0 Å². The summed E-state index contributed by atoms with van der Waals surface area (Å²) in [5.41, 5.74) is 0.717. The van der Waals surface area contributed by atoms with E-state index >= 15 is 0 Å². The molecule has 3 aromatic rings. The van der Waals surface area contributed by atoms with Gasteiger partial charge in [0.15, 0.2) is 0 Å². The lowest BCUT2D eigenvalue weighted by Gasteiger charge is -2.36. The summed E-state index contributed by atoms with van der Waals surface area (Å²) in [6.45, 7) is 18.0. The molecule has 2 saturated heterocycles. The number of carbonyl (C=O) groups excluding carboxylic acids is 8. The van der Waals surface area contributed by atoms with Crippen LogP contribution in [0.5, 0.6) is 0 Å². The van der Waals surface area contributed by atoms with E-state index in [4.69, 9.17) is 0 Å². The first-order chi connectivity index (χ1) is 33.8. The van der Waals surface area contributed by atoms with Crippen molar-refractivity contribution in [1.82, 2.24) is 52.3 Å². The summed E-state index contributed by atoms with van der Waals surface area (Å²) in [7, 11) is 3.29. The second kappa shape index (κ2) is 24.2. The first kappa shape index (κ1) is 56.3. The minimum atomic E-state index is -0.990. The zero-order valence-electron chi connectivity index (χ0n) is 43.8. The smallest absolute Gasteiger partial charge is 0.251 e. The molecule has 390 valence electrons. The van der Waals surface area contributed by atoms with Crippen molar-refractivity contribution in [3.05, 3.63) is 107 Å². The molecule has 18 nitrogen and oxygen atoms in total. The maximum atomic E-state index is 14.5. The normalized spacial score (nSPS) is 20.4. The van der Waals surface area contributed by atoms with Gasteiger partial charge in [0.25, 0.3) is 11.8 Å². The van der Waals surface area contributed by atoms with Crippen molar-refractivity contribution in [2.24, 2.45) is 10.8 Å². The lowest BCUT2D eigenvalue weighted by molar-refractivity contribution is -0.144. The van der Waals surface area contributed by atoms with E-state index in [1.165, 1.54) is 34.1 Å². The maximum Gasteiger partial charge on any atom is 0.251 e. The Hall–Kier alpha value is -6.66. The minimum absolute atomic E-state index is 0.00404. The Morgan fingerprint density at radius 3 is 1.10 bits per heavy atom. The summed E-state index contributed by atoms with van der Waals surface area (Å²) in [5, 5.41) is 23.6. The Kier molecular flexibility index (Phi) is 18.9. The number of likely N-dealkylation sites (tertiary alicyclic amines) is 2. The van der Waals surface area contributed by atoms with Crippen molar-refractivity contribution in [3.63, 3.8) is 0 Å². The van der Waals surface area contributed by atoms with Crippen LogP contribution in [-0.2, 0) is 28.8 Å². The van der Waals surface area contributed by atoms with Gasteiger partial charge in [0.1, 0.15) is 24.2 Å². The van der Waals surface area contributed by atoms with Gasteiger partial charge in [-0.1, -0.05) is 102 Å². The number of hydrogen-bond donors (Lipinski definition) is 8. The zero-order chi connectivity index (χ0) is 53.2. The van der Waals surface area contributed by atoms with E-state index in [1.54, 1.807) is 27.9 Å². The molecule has 0 spiro atoms. The number of benzene rings is 3. The summed E-state index contributed by atoms with van der Waals surface area (Å²) in [4.78, 5) is 114. The van der Waals surface area contributed by atoms with E-state index in [0.717, 1.165) is 11.1 Å². The molecule has 2 heterocycles. The summed E-state index contributed by atoms with van der Waals surface area (Å²) in [6.07, 6.45) is 0.206. The number of amides is 8. The van der Waals surface area contributed by atoms with Crippen LogP contribution in [0.1, 0.15) is 126 Å². The molecule has 0 radical (unpaired) electrons. The van der Waals surface area contributed by atoms with Gasteiger partial charge in [-0.3, -0.25) is 38.4 Å². The van der Waals surface area contributed by atoms with Crippen LogP contribution in [0.25, 0.3) is 0 Å². The lowest BCUT2D eigenvalue weighted by atomic mass is 9.85. The Morgan fingerprint density at radius 1 is 0.486 bits per heavy atom. The van der Waals surface area contributed by atoms with Crippen molar-refractivity contribution in [3.8, 4) is 0 Å². The molecule has 10 atom stereocenters. The van der Waals surface area contributed by atoms with Crippen LogP contribution in [0.2, 0.25) is 0 Å². The van der Waals surface area contributed by atoms with Crippen molar-refractivity contribution in [2.45, 2.75) is 142 Å². The minimum Gasteiger partial charge on any atom is -0.348 e. The predicted octanol–water partition coefficient (Wildman–Crippen LogP) is 3.12. The highest BCUT2D eigenvalue weighted by molar-refractivity contribution is 5.99. The van der Waals surface area contributed by atoms with Crippen LogP contribution in [0, 0.1) is 10.8 Å². The second-order valence-corrected chi connectivity index (χ2v) is 21.3. The lowest BCUT2D eigenvalue weighted by Crippen LogP contribution is -2.59. The van der Waals surface area contributed by atoms with Crippen molar-refractivity contribution < 1.29 is 38.4 Å². The standard InChI is InChI=1S/C54H76N10O8/c1-31(35-19-15-13-16-20-35)57-49(69)41-27-39(29-63(41)51(71)43(53(5,6)7)61-45(65)33(3)55-11)59-47(67)37-23-25-38(26-24-37)48(68)60-40-28-42(50(70)58-32(2)36-21-17-14-18-22-36)64(30-40)52(72)44(54(8,9)10)62-46(66)34(4)56-12/h13-26,31-34,39-44,55-56H,27-30H2,1-12H3,(H,57,69)(H,58,70)(H,59,67)(H,60,68)(H,61,65)(H,62,66)/t31-,32-,33+,34+,39+,40+,41+,42+,43-,44-/m1/s1. The quantitative estimate of drug-likeness (QED) is 0.0927. The fraction of sp³-hybridized carbons (Fsp3) is 0.519. The average Bonchev–Trinajstić information content (AvgIpc) is 3.98. The third kappa shape index (κ3) is 14.3. The van der Waals surface area contributed by atoms with E-state index in [0.29, 0.717) is 0 Å². The van der Waals surface area contributed by atoms with Crippen LogP contribution >= 0.6 is 0 Å². The Bertz CT molecular complexity index is 2240. The zero-order valence-corrected chi connectivity index (χ0v) is 43.8. The van der Waals surface area contributed by atoms with E-state index < -0.39 is 94.6 Å². The molecule has 8 N–H and O–H groups in total. The molecule has 2 fully saturated rings. The highest BCUT2D eigenvalue weighted by atomic mass is 16.2. The topological polar surface area (TPSA) is 239 Å². The van der Waals surface area contributed by atoms with Gasteiger partial charge in [-0.15, -0.1) is 0 Å². The Morgan fingerprint density at radius 2 is 0.806 bits per heavy atom. The fourth-order valence-electron chi connectivity index (χ4n) is 8.87. The van der Waals surface area contributed by atoms with E-state index in [9.17, 15) is 38.4 Å². The Labute approximate surface area is 424 Å². The largest absolute Gasteiger partial charge is 0.348 e. The Balaban J connectivity index is 1.31. The molecule has 2 aliphatic rings. The maximum absolute atomic E-state index is 14.5.